The van der Waals surface area contributed by atoms with Crippen LogP contribution in [-0.2, 0) is 19.4 Å². The Morgan fingerprint density at radius 2 is 2.42 bits per heavy atom. The molecule has 1 atom stereocenters. The third kappa shape index (κ3) is 4.74. The van der Waals surface area contributed by atoms with Gasteiger partial charge in [-0.3, -0.25) is 4.99 Å². The molecule has 0 radical (unpaired) electrons. The van der Waals surface area contributed by atoms with Crippen LogP contribution in [0.15, 0.2) is 40.5 Å². The molecule has 0 amide bonds. The molecule has 2 aromatic rings. The summed E-state index contributed by atoms with van der Waals surface area (Å²) in [5.74, 6) is 4.12. The van der Waals surface area contributed by atoms with E-state index in [4.69, 9.17) is 4.42 Å². The molecule has 140 valence electrons. The molecule has 26 heavy (non-hydrogen) atoms. The number of aliphatic imine (C=N–C) groups is 1. The summed E-state index contributed by atoms with van der Waals surface area (Å²) < 4.78 is 7.39. The van der Waals surface area contributed by atoms with E-state index in [0.29, 0.717) is 19.0 Å². The topological polar surface area (TPSA) is 80.3 Å². The van der Waals surface area contributed by atoms with Crippen molar-refractivity contribution in [1.29, 1.82) is 0 Å². The third-order valence-electron chi connectivity index (χ3n) is 4.35. The van der Waals surface area contributed by atoms with Crippen LogP contribution < -0.4 is 10.6 Å². The molecule has 0 saturated carbocycles. The lowest BCUT2D eigenvalue weighted by Gasteiger charge is -2.25. The fraction of sp³-hybridized carbons (Fsp3) is 0.526. The Hall–Kier alpha value is -2.57. The molecule has 0 aliphatic carbocycles. The first kappa shape index (κ1) is 18.2. The monoisotopic (exact) mass is 356 g/mol. The Kier molecular flexibility index (Phi) is 6.09. The summed E-state index contributed by atoms with van der Waals surface area (Å²) in [6.45, 7) is 10.2. The van der Waals surface area contributed by atoms with Crippen LogP contribution in [-0.4, -0.2) is 39.9 Å². The highest BCUT2D eigenvalue weighted by atomic mass is 16.3. The Bertz CT molecular complexity index is 731. The smallest absolute Gasteiger partial charge is 0.191 e. The summed E-state index contributed by atoms with van der Waals surface area (Å²) in [6, 6.07) is 4.15. The van der Waals surface area contributed by atoms with Gasteiger partial charge in [0, 0.05) is 37.9 Å². The molecule has 0 aromatic carbocycles. The van der Waals surface area contributed by atoms with Crippen LogP contribution in [0.1, 0.15) is 43.6 Å². The summed E-state index contributed by atoms with van der Waals surface area (Å²) in [7, 11) is 0. The first-order valence-electron chi connectivity index (χ1n) is 9.27. The van der Waals surface area contributed by atoms with Gasteiger partial charge in [0.2, 0.25) is 0 Å². The maximum atomic E-state index is 5.36. The zero-order chi connectivity index (χ0) is 18.4. The minimum absolute atomic E-state index is 0.281. The molecule has 3 heterocycles. The van der Waals surface area contributed by atoms with Crippen LogP contribution in [0.4, 0.5) is 0 Å². The molecule has 1 aliphatic rings. The van der Waals surface area contributed by atoms with E-state index < -0.39 is 0 Å². The maximum Gasteiger partial charge on any atom is 0.191 e. The number of hydrogen-bond donors (Lipinski definition) is 2. The van der Waals surface area contributed by atoms with E-state index in [0.717, 1.165) is 49.2 Å². The van der Waals surface area contributed by atoms with Crippen molar-refractivity contribution in [2.75, 3.05) is 13.1 Å². The van der Waals surface area contributed by atoms with Gasteiger partial charge < -0.3 is 15.1 Å². The SMILES string of the molecule is C=CCNC(=NCCc1ccco1)NC1CCc2nc(C(C)C)nn2C1. The number of rotatable bonds is 7. The Morgan fingerprint density at radius 3 is 3.15 bits per heavy atom. The largest absolute Gasteiger partial charge is 0.469 e. The molecule has 0 spiro atoms. The van der Waals surface area contributed by atoms with Gasteiger partial charge >= 0.3 is 0 Å². The molecule has 3 rings (SSSR count). The zero-order valence-corrected chi connectivity index (χ0v) is 15.6. The van der Waals surface area contributed by atoms with Crippen molar-refractivity contribution in [3.05, 3.63) is 48.5 Å². The number of furan rings is 1. The van der Waals surface area contributed by atoms with Gasteiger partial charge in [0.15, 0.2) is 11.8 Å². The number of aryl methyl sites for hydroxylation is 1. The summed E-state index contributed by atoms with van der Waals surface area (Å²) >= 11 is 0. The van der Waals surface area contributed by atoms with Crippen molar-refractivity contribution in [2.45, 2.75) is 51.6 Å². The van der Waals surface area contributed by atoms with Gasteiger partial charge in [-0.2, -0.15) is 5.10 Å². The van der Waals surface area contributed by atoms with E-state index in [2.05, 4.69) is 46.1 Å². The van der Waals surface area contributed by atoms with Crippen molar-refractivity contribution in [3.8, 4) is 0 Å². The maximum absolute atomic E-state index is 5.36. The van der Waals surface area contributed by atoms with E-state index in [1.165, 1.54) is 0 Å². The lowest BCUT2D eigenvalue weighted by Crippen LogP contribution is -2.47. The van der Waals surface area contributed by atoms with Crippen LogP contribution in [0.5, 0.6) is 0 Å². The average molecular weight is 356 g/mol. The molecular formula is C19H28N6O. The quantitative estimate of drug-likeness (QED) is 0.452. The Labute approximate surface area is 154 Å². The van der Waals surface area contributed by atoms with Gasteiger partial charge in [-0.25, -0.2) is 9.67 Å². The lowest BCUT2D eigenvalue weighted by molar-refractivity contribution is 0.392. The predicted molar refractivity (Wildman–Crippen MR) is 102 cm³/mol. The Balaban J connectivity index is 1.59. The molecule has 7 heteroatoms. The lowest BCUT2D eigenvalue weighted by atomic mass is 10.1. The molecule has 0 fully saturated rings. The molecular weight excluding hydrogens is 328 g/mol. The number of nitrogens with zero attached hydrogens (tertiary/aromatic N) is 4. The van der Waals surface area contributed by atoms with Crippen molar-refractivity contribution >= 4 is 5.96 Å². The first-order chi connectivity index (χ1) is 12.7. The highest BCUT2D eigenvalue weighted by Crippen LogP contribution is 2.16. The van der Waals surface area contributed by atoms with E-state index >= 15 is 0 Å². The number of guanidine groups is 1. The Morgan fingerprint density at radius 1 is 1.54 bits per heavy atom. The van der Waals surface area contributed by atoms with Crippen LogP contribution in [0.2, 0.25) is 0 Å². The highest BCUT2D eigenvalue weighted by molar-refractivity contribution is 5.80. The van der Waals surface area contributed by atoms with Gasteiger partial charge in [-0.05, 0) is 18.6 Å². The van der Waals surface area contributed by atoms with Crippen LogP contribution >= 0.6 is 0 Å². The number of nitrogens with one attached hydrogen (secondary N) is 2. The van der Waals surface area contributed by atoms with E-state index in [1.54, 1.807) is 6.26 Å². The van der Waals surface area contributed by atoms with Gasteiger partial charge in [0.1, 0.15) is 11.6 Å². The van der Waals surface area contributed by atoms with Gasteiger partial charge in [0.25, 0.3) is 0 Å². The zero-order valence-electron chi connectivity index (χ0n) is 15.6. The fourth-order valence-corrected chi connectivity index (χ4v) is 2.94. The summed E-state index contributed by atoms with van der Waals surface area (Å²) in [5.41, 5.74) is 0. The predicted octanol–water partition coefficient (Wildman–Crippen LogP) is 2.27. The fourth-order valence-electron chi connectivity index (χ4n) is 2.94. The summed E-state index contributed by atoms with van der Waals surface area (Å²) in [5, 5.41) is 11.5. The van der Waals surface area contributed by atoms with E-state index in [-0.39, 0.29) is 6.04 Å². The molecule has 0 saturated heterocycles. The number of aromatic nitrogens is 3. The van der Waals surface area contributed by atoms with Gasteiger partial charge in [0.05, 0.1) is 12.8 Å². The van der Waals surface area contributed by atoms with Crippen molar-refractivity contribution in [1.82, 2.24) is 25.4 Å². The van der Waals surface area contributed by atoms with Crippen molar-refractivity contribution in [3.63, 3.8) is 0 Å². The molecule has 1 unspecified atom stereocenters. The highest BCUT2D eigenvalue weighted by Gasteiger charge is 2.23. The minimum atomic E-state index is 0.281. The molecule has 7 nitrogen and oxygen atoms in total. The van der Waals surface area contributed by atoms with Crippen LogP contribution in [0.3, 0.4) is 0 Å². The second kappa shape index (κ2) is 8.69. The van der Waals surface area contributed by atoms with E-state index in [1.807, 2.05) is 22.9 Å². The second-order valence-electron chi connectivity index (χ2n) is 6.83. The molecule has 2 N–H and O–H groups in total. The van der Waals surface area contributed by atoms with Crippen LogP contribution in [0, 0.1) is 0 Å². The molecule has 1 aliphatic heterocycles. The van der Waals surface area contributed by atoms with Gasteiger partial charge in [-0.1, -0.05) is 19.9 Å². The summed E-state index contributed by atoms with van der Waals surface area (Å²) in [6.07, 6.45) is 6.25. The van der Waals surface area contributed by atoms with Crippen molar-refractivity contribution < 1.29 is 4.42 Å². The standard InChI is InChI=1S/C19H28N6O/c1-4-10-20-19(21-11-9-16-6-5-12-26-16)22-15-7-8-17-23-18(14(2)3)24-25(17)13-15/h4-6,12,14-15H,1,7-11,13H2,2-3H3,(H2,20,21,22). The second-order valence-corrected chi connectivity index (χ2v) is 6.83. The van der Waals surface area contributed by atoms with Gasteiger partial charge in [-0.15, -0.1) is 6.58 Å². The normalized spacial score (nSPS) is 17.2. The van der Waals surface area contributed by atoms with Crippen LogP contribution in [0.25, 0.3) is 0 Å². The minimum Gasteiger partial charge on any atom is -0.469 e. The summed E-state index contributed by atoms with van der Waals surface area (Å²) in [4.78, 5) is 9.31. The first-order valence-corrected chi connectivity index (χ1v) is 9.27. The average Bonchev–Trinajstić information content (AvgIpc) is 3.28. The van der Waals surface area contributed by atoms with E-state index in [9.17, 15) is 0 Å². The van der Waals surface area contributed by atoms with Crippen molar-refractivity contribution in [2.24, 2.45) is 4.99 Å². The number of hydrogen-bond acceptors (Lipinski definition) is 4. The number of fused-ring (bicyclic) bond motifs is 1. The molecule has 0 bridgehead atoms. The third-order valence-corrected chi connectivity index (χ3v) is 4.35. The molecule has 2 aromatic heterocycles.